The molecule has 0 bridgehead atoms. The smallest absolute Gasteiger partial charge is 0.0697 e. The van der Waals surface area contributed by atoms with Crippen LogP contribution in [0.15, 0.2) is 133 Å². The first-order chi connectivity index (χ1) is 22.6. The first-order valence-electron chi connectivity index (χ1n) is 16.6. The van der Waals surface area contributed by atoms with Crippen molar-refractivity contribution in [3.05, 3.63) is 145 Å². The highest BCUT2D eigenvalue weighted by Gasteiger charge is 2.22. The van der Waals surface area contributed by atoms with E-state index in [0.717, 1.165) is 22.7 Å². The summed E-state index contributed by atoms with van der Waals surface area (Å²) in [5.41, 5.74) is 12.0. The molecule has 0 radical (unpaired) electrons. The van der Waals surface area contributed by atoms with E-state index in [9.17, 15) is 0 Å². The monoisotopic (exact) mass is 611 g/mol. The van der Waals surface area contributed by atoms with Crippen LogP contribution in [-0.2, 0) is 10.8 Å². The van der Waals surface area contributed by atoms with Crippen molar-refractivity contribution in [1.29, 1.82) is 0 Å². The van der Waals surface area contributed by atoms with E-state index >= 15 is 0 Å². The van der Waals surface area contributed by atoms with E-state index in [1.165, 1.54) is 54.7 Å². The molecule has 0 atom stereocenters. The molecule has 0 aliphatic rings. The molecule has 0 spiro atoms. The van der Waals surface area contributed by atoms with E-state index in [-0.39, 0.29) is 10.8 Å². The Kier molecular flexibility index (Phi) is 6.59. The van der Waals surface area contributed by atoms with Gasteiger partial charge in [-0.15, -0.1) is 0 Å². The van der Waals surface area contributed by atoms with E-state index in [1.54, 1.807) is 0 Å². The van der Waals surface area contributed by atoms with Gasteiger partial charge >= 0.3 is 0 Å². The first-order valence-corrected chi connectivity index (χ1v) is 16.6. The van der Waals surface area contributed by atoms with Gasteiger partial charge in [0.2, 0.25) is 0 Å². The molecule has 2 aromatic heterocycles. The molecule has 2 heterocycles. The van der Waals surface area contributed by atoms with Gasteiger partial charge in [-0.3, -0.25) is 0 Å². The summed E-state index contributed by atoms with van der Waals surface area (Å²) in [6, 6.07) is 48.8. The van der Waals surface area contributed by atoms with Crippen molar-refractivity contribution in [1.82, 2.24) is 9.13 Å². The van der Waals surface area contributed by atoms with E-state index < -0.39 is 0 Å². The molecule has 0 aliphatic heterocycles. The number of aromatic nitrogens is 2. The number of nitrogens with one attached hydrogen (secondary N) is 1. The molecule has 232 valence electrons. The topological polar surface area (TPSA) is 21.9 Å². The van der Waals surface area contributed by atoms with Crippen molar-refractivity contribution in [2.75, 3.05) is 5.32 Å². The maximum atomic E-state index is 3.83. The normalized spacial score (nSPS) is 12.5. The number of nitrogens with zero attached hydrogens (tertiary/aromatic N) is 2. The van der Waals surface area contributed by atoms with Crippen LogP contribution in [0.2, 0.25) is 0 Å². The fourth-order valence-electron chi connectivity index (χ4n) is 7.07. The van der Waals surface area contributed by atoms with E-state index in [1.807, 2.05) is 0 Å². The first kappa shape index (κ1) is 29.1. The summed E-state index contributed by atoms with van der Waals surface area (Å²) in [7, 11) is 0. The second-order valence-corrected chi connectivity index (χ2v) is 14.9. The molecule has 1 N–H and O–H groups in total. The summed E-state index contributed by atoms with van der Waals surface area (Å²) in [6.45, 7) is 13.8. The number of benzene rings is 6. The molecule has 8 aromatic rings. The summed E-state index contributed by atoms with van der Waals surface area (Å²) in [5.74, 6) is 0. The number of hydrogen-bond acceptors (Lipinski definition) is 1. The zero-order chi connectivity index (χ0) is 32.5. The fourth-order valence-corrected chi connectivity index (χ4v) is 7.07. The second kappa shape index (κ2) is 10.6. The maximum absolute atomic E-state index is 3.83. The zero-order valence-corrected chi connectivity index (χ0v) is 28.1. The van der Waals surface area contributed by atoms with Crippen LogP contribution in [0, 0.1) is 0 Å². The molecule has 0 unspecified atom stereocenters. The molecule has 0 fully saturated rings. The minimum Gasteiger partial charge on any atom is -0.354 e. The van der Waals surface area contributed by atoms with Gasteiger partial charge < -0.3 is 14.5 Å². The summed E-state index contributed by atoms with van der Waals surface area (Å²) in [6.07, 6.45) is 0. The summed E-state index contributed by atoms with van der Waals surface area (Å²) in [4.78, 5) is 0. The Bertz CT molecular complexity index is 2330. The third-order valence-corrected chi connectivity index (χ3v) is 9.61. The predicted octanol–water partition coefficient (Wildman–Crippen LogP) is 12.2. The summed E-state index contributed by atoms with van der Waals surface area (Å²) < 4.78 is 4.80. The Balaban J connectivity index is 1.29. The lowest BCUT2D eigenvalue weighted by Gasteiger charge is -2.19. The van der Waals surface area contributed by atoms with Crippen LogP contribution in [0.25, 0.3) is 55.0 Å². The number of para-hydroxylation sites is 4. The molecular weight excluding hydrogens is 571 g/mol. The molecule has 0 saturated carbocycles. The average molecular weight is 612 g/mol. The van der Waals surface area contributed by atoms with Gasteiger partial charge in [-0.25, -0.2) is 0 Å². The van der Waals surface area contributed by atoms with E-state index in [0.29, 0.717) is 0 Å². The van der Waals surface area contributed by atoms with Crippen molar-refractivity contribution < 1.29 is 0 Å². The quantitative estimate of drug-likeness (QED) is 0.210. The molecular formula is C44H41N3. The standard InChI is InChI=1S/C44H41N3/c1-43(2,3)29-22-24-40-35(26-29)36-27-30(44(4,5)6)23-25-41(36)47(40)42-21-12-9-18-37(42)45-31-14-13-15-32(28-31)46-38-19-10-7-16-33(38)34-17-8-11-20-39(34)46/h7-28,45H,1-6H3. The van der Waals surface area contributed by atoms with E-state index in [2.05, 4.69) is 189 Å². The molecule has 6 aromatic carbocycles. The van der Waals surface area contributed by atoms with Crippen molar-refractivity contribution in [3.63, 3.8) is 0 Å². The van der Waals surface area contributed by atoms with Crippen LogP contribution in [0.1, 0.15) is 52.7 Å². The predicted molar refractivity (Wildman–Crippen MR) is 202 cm³/mol. The summed E-state index contributed by atoms with van der Waals surface area (Å²) >= 11 is 0. The minimum atomic E-state index is 0.0606. The third kappa shape index (κ3) is 4.89. The van der Waals surface area contributed by atoms with Crippen molar-refractivity contribution in [2.24, 2.45) is 0 Å². The van der Waals surface area contributed by atoms with Gasteiger partial charge in [-0.2, -0.15) is 0 Å². The van der Waals surface area contributed by atoms with Gasteiger partial charge in [0, 0.05) is 32.9 Å². The van der Waals surface area contributed by atoms with Crippen molar-refractivity contribution in [3.8, 4) is 11.4 Å². The Hall–Kier alpha value is -5.28. The molecule has 0 amide bonds. The van der Waals surface area contributed by atoms with Crippen LogP contribution in [0.3, 0.4) is 0 Å². The Labute approximate surface area is 277 Å². The van der Waals surface area contributed by atoms with Crippen LogP contribution in [-0.4, -0.2) is 9.13 Å². The Morgan fingerprint density at radius 2 is 0.936 bits per heavy atom. The Morgan fingerprint density at radius 3 is 1.51 bits per heavy atom. The number of hydrogen-bond donors (Lipinski definition) is 1. The highest BCUT2D eigenvalue weighted by atomic mass is 15.0. The van der Waals surface area contributed by atoms with Crippen LogP contribution in [0.5, 0.6) is 0 Å². The highest BCUT2D eigenvalue weighted by molar-refractivity contribution is 6.11. The van der Waals surface area contributed by atoms with Gasteiger partial charge in [0.15, 0.2) is 0 Å². The third-order valence-electron chi connectivity index (χ3n) is 9.61. The molecule has 3 nitrogen and oxygen atoms in total. The van der Waals surface area contributed by atoms with Crippen molar-refractivity contribution >= 4 is 55.0 Å². The van der Waals surface area contributed by atoms with Crippen molar-refractivity contribution in [2.45, 2.75) is 52.4 Å². The largest absolute Gasteiger partial charge is 0.354 e. The highest BCUT2D eigenvalue weighted by Crippen LogP contribution is 2.40. The lowest BCUT2D eigenvalue weighted by atomic mass is 9.85. The van der Waals surface area contributed by atoms with E-state index in [4.69, 9.17) is 0 Å². The molecule has 0 saturated heterocycles. The zero-order valence-electron chi connectivity index (χ0n) is 28.1. The molecule has 0 aliphatic carbocycles. The van der Waals surface area contributed by atoms with Gasteiger partial charge in [0.25, 0.3) is 0 Å². The summed E-state index contributed by atoms with van der Waals surface area (Å²) in [5, 5.41) is 8.94. The number of rotatable bonds is 4. The number of anilines is 2. The minimum absolute atomic E-state index is 0.0606. The van der Waals surface area contributed by atoms with Gasteiger partial charge in [0.05, 0.1) is 33.4 Å². The number of fused-ring (bicyclic) bond motifs is 6. The Morgan fingerprint density at radius 1 is 0.426 bits per heavy atom. The lowest BCUT2D eigenvalue weighted by molar-refractivity contribution is 0.590. The van der Waals surface area contributed by atoms with Gasteiger partial charge in [-0.05, 0) is 88.7 Å². The fraction of sp³-hybridized carbons (Fsp3) is 0.182. The molecule has 47 heavy (non-hydrogen) atoms. The SMILES string of the molecule is CC(C)(C)c1ccc2c(c1)c1cc(C(C)(C)C)ccc1n2-c1ccccc1Nc1cccc(-n2c3ccccc3c3ccccc32)c1. The van der Waals surface area contributed by atoms with Crippen LogP contribution in [0.4, 0.5) is 11.4 Å². The van der Waals surface area contributed by atoms with Crippen LogP contribution < -0.4 is 5.32 Å². The van der Waals surface area contributed by atoms with Crippen LogP contribution >= 0.6 is 0 Å². The molecule has 3 heteroatoms. The lowest BCUT2D eigenvalue weighted by Crippen LogP contribution is -2.10. The maximum Gasteiger partial charge on any atom is 0.0697 e. The van der Waals surface area contributed by atoms with Gasteiger partial charge in [-0.1, -0.05) is 108 Å². The van der Waals surface area contributed by atoms with Gasteiger partial charge in [0.1, 0.15) is 0 Å². The average Bonchev–Trinajstić information content (AvgIpc) is 3.57. The molecule has 8 rings (SSSR count). The second-order valence-electron chi connectivity index (χ2n) is 14.9.